The number of nitrogens with one attached hydrogen (secondary N) is 1. The Morgan fingerprint density at radius 2 is 1.90 bits per heavy atom. The van der Waals surface area contributed by atoms with Crippen LogP contribution in [0.4, 0.5) is 5.69 Å². The van der Waals surface area contributed by atoms with Crippen LogP contribution in [0.3, 0.4) is 0 Å². The summed E-state index contributed by atoms with van der Waals surface area (Å²) in [4.78, 5) is 32.8. The van der Waals surface area contributed by atoms with Gasteiger partial charge in [0.15, 0.2) is 0 Å². The molecule has 40 heavy (non-hydrogen) atoms. The first-order valence-electron chi connectivity index (χ1n) is 13.6. The molecular formula is C32H36ClN3O4. The van der Waals surface area contributed by atoms with Crippen LogP contribution in [-0.2, 0) is 16.0 Å². The van der Waals surface area contributed by atoms with Crippen molar-refractivity contribution in [1.29, 1.82) is 0 Å². The molecule has 1 saturated heterocycles. The molecule has 2 N–H and O–H groups in total. The van der Waals surface area contributed by atoms with Gasteiger partial charge in [-0.25, -0.2) is 0 Å². The number of ether oxygens (including phenoxy) is 1. The Hall–Kier alpha value is -3.68. The SMILES string of the molecule is CCN1CCC[C@]1(C)C(=O)Nc1ccc(Cl)cc1C(=N[C@@H](CC(=O)O)Cc1cccc(OC)c1)c1ccccc1. The van der Waals surface area contributed by atoms with E-state index in [-0.39, 0.29) is 12.3 Å². The van der Waals surface area contributed by atoms with Crippen molar-refractivity contribution < 1.29 is 19.4 Å². The maximum atomic E-state index is 13.7. The number of likely N-dealkylation sites (tertiary alicyclic amines) is 1. The Labute approximate surface area is 240 Å². The summed E-state index contributed by atoms with van der Waals surface area (Å²) < 4.78 is 5.36. The molecule has 1 aliphatic heterocycles. The molecule has 0 radical (unpaired) electrons. The molecule has 0 spiro atoms. The fraction of sp³-hybridized carbons (Fsp3) is 0.344. The number of nitrogens with zero attached hydrogens (tertiary/aromatic N) is 2. The molecule has 0 unspecified atom stereocenters. The Kier molecular flexibility index (Phi) is 9.61. The molecular weight excluding hydrogens is 526 g/mol. The van der Waals surface area contributed by atoms with E-state index in [1.807, 2.05) is 61.5 Å². The van der Waals surface area contributed by atoms with Gasteiger partial charge in [-0.05, 0) is 75.2 Å². The fourth-order valence-electron chi connectivity index (χ4n) is 5.38. The molecule has 2 atom stereocenters. The Morgan fingerprint density at radius 3 is 2.60 bits per heavy atom. The third kappa shape index (κ3) is 6.90. The highest BCUT2D eigenvalue weighted by Crippen LogP contribution is 2.32. The second kappa shape index (κ2) is 13.1. The van der Waals surface area contributed by atoms with Crippen LogP contribution < -0.4 is 10.1 Å². The van der Waals surface area contributed by atoms with Crippen molar-refractivity contribution in [3.63, 3.8) is 0 Å². The average Bonchev–Trinajstić information content (AvgIpc) is 3.34. The topological polar surface area (TPSA) is 91.2 Å². The van der Waals surface area contributed by atoms with Crippen molar-refractivity contribution >= 4 is 34.9 Å². The lowest BCUT2D eigenvalue weighted by atomic mass is 9.95. The normalized spacial score (nSPS) is 18.4. The number of rotatable bonds is 11. The summed E-state index contributed by atoms with van der Waals surface area (Å²) in [7, 11) is 1.60. The number of aliphatic carboxylic acids is 1. The van der Waals surface area contributed by atoms with E-state index in [4.69, 9.17) is 21.3 Å². The molecule has 210 valence electrons. The standard InChI is InChI=1S/C32H36ClN3O4/c1-4-36-17-9-16-32(36,2)31(39)35-28-15-14-24(33)20-27(28)30(23-11-6-5-7-12-23)34-25(21-29(37)38)18-22-10-8-13-26(19-22)40-3/h5-8,10-15,19-20,25H,4,9,16-18,21H2,1-3H3,(H,35,39)(H,37,38)/t25-,32-/m1/s1. The number of hydrogen-bond donors (Lipinski definition) is 2. The predicted octanol–water partition coefficient (Wildman–Crippen LogP) is 6.08. The van der Waals surface area contributed by atoms with Crippen LogP contribution in [-0.4, -0.2) is 59.4 Å². The quantitative estimate of drug-likeness (QED) is 0.277. The number of halogens is 1. The van der Waals surface area contributed by atoms with E-state index in [0.29, 0.717) is 34.2 Å². The van der Waals surface area contributed by atoms with Crippen molar-refractivity contribution in [2.24, 2.45) is 4.99 Å². The zero-order chi connectivity index (χ0) is 28.7. The number of carbonyl (C=O) groups excluding carboxylic acids is 1. The number of amides is 1. The third-order valence-electron chi connectivity index (χ3n) is 7.52. The molecule has 3 aromatic rings. The second-order valence-electron chi connectivity index (χ2n) is 10.3. The fourth-order valence-corrected chi connectivity index (χ4v) is 5.55. The van der Waals surface area contributed by atoms with Gasteiger partial charge in [0, 0.05) is 16.1 Å². The van der Waals surface area contributed by atoms with E-state index in [9.17, 15) is 14.7 Å². The van der Waals surface area contributed by atoms with Crippen LogP contribution >= 0.6 is 11.6 Å². The summed E-state index contributed by atoms with van der Waals surface area (Å²) in [6.45, 7) is 5.72. The molecule has 1 heterocycles. The minimum absolute atomic E-state index is 0.0821. The van der Waals surface area contributed by atoms with Crippen LogP contribution in [0.5, 0.6) is 5.75 Å². The van der Waals surface area contributed by atoms with Crippen molar-refractivity contribution in [1.82, 2.24) is 4.90 Å². The van der Waals surface area contributed by atoms with Crippen molar-refractivity contribution in [3.05, 3.63) is 94.5 Å². The molecule has 3 aromatic carbocycles. The summed E-state index contributed by atoms with van der Waals surface area (Å²) in [5, 5.41) is 13.4. The van der Waals surface area contributed by atoms with E-state index < -0.39 is 17.6 Å². The largest absolute Gasteiger partial charge is 0.497 e. The number of carbonyl (C=O) groups is 2. The molecule has 0 aromatic heterocycles. The number of aliphatic imine (C=N–C) groups is 1. The predicted molar refractivity (Wildman–Crippen MR) is 160 cm³/mol. The smallest absolute Gasteiger partial charge is 0.305 e. The molecule has 1 amide bonds. The Morgan fingerprint density at radius 1 is 1.12 bits per heavy atom. The van der Waals surface area contributed by atoms with Gasteiger partial charge < -0.3 is 15.2 Å². The lowest BCUT2D eigenvalue weighted by Gasteiger charge is -2.33. The molecule has 1 fully saturated rings. The van der Waals surface area contributed by atoms with Gasteiger partial charge in [-0.2, -0.15) is 0 Å². The van der Waals surface area contributed by atoms with Crippen molar-refractivity contribution in [3.8, 4) is 5.75 Å². The molecule has 1 aliphatic rings. The first-order chi connectivity index (χ1) is 19.2. The van der Waals surface area contributed by atoms with E-state index >= 15 is 0 Å². The average molecular weight is 562 g/mol. The summed E-state index contributed by atoms with van der Waals surface area (Å²) in [6.07, 6.45) is 1.96. The highest BCUT2D eigenvalue weighted by atomic mass is 35.5. The first-order valence-corrected chi connectivity index (χ1v) is 14.0. The van der Waals surface area contributed by atoms with E-state index in [0.717, 1.165) is 37.1 Å². The van der Waals surface area contributed by atoms with Crippen LogP contribution in [0, 0.1) is 0 Å². The minimum Gasteiger partial charge on any atom is -0.497 e. The van der Waals surface area contributed by atoms with E-state index in [1.54, 1.807) is 25.3 Å². The summed E-state index contributed by atoms with van der Waals surface area (Å²) >= 11 is 6.49. The second-order valence-corrected chi connectivity index (χ2v) is 10.7. The number of hydrogen-bond acceptors (Lipinski definition) is 5. The van der Waals surface area contributed by atoms with Crippen molar-refractivity contribution in [2.45, 2.75) is 51.1 Å². The zero-order valence-electron chi connectivity index (χ0n) is 23.2. The molecule has 7 nitrogen and oxygen atoms in total. The van der Waals surface area contributed by atoms with Gasteiger partial charge in [0.1, 0.15) is 5.75 Å². The highest BCUT2D eigenvalue weighted by molar-refractivity contribution is 6.31. The first kappa shape index (κ1) is 29.3. The van der Waals surface area contributed by atoms with Gasteiger partial charge >= 0.3 is 5.97 Å². The minimum atomic E-state index is -0.947. The maximum Gasteiger partial charge on any atom is 0.305 e. The highest BCUT2D eigenvalue weighted by Gasteiger charge is 2.42. The molecule has 0 aliphatic carbocycles. The number of carboxylic acid groups (broad SMARTS) is 1. The summed E-state index contributed by atoms with van der Waals surface area (Å²) in [5.41, 5.74) is 2.87. The molecule has 0 saturated carbocycles. The van der Waals surface area contributed by atoms with Crippen LogP contribution in [0.25, 0.3) is 0 Å². The third-order valence-corrected chi connectivity index (χ3v) is 7.76. The van der Waals surface area contributed by atoms with Gasteiger partial charge in [0.25, 0.3) is 0 Å². The van der Waals surface area contributed by atoms with Crippen LogP contribution in [0.2, 0.25) is 5.02 Å². The Balaban J connectivity index is 1.79. The van der Waals surface area contributed by atoms with E-state index in [1.165, 1.54) is 0 Å². The van der Waals surface area contributed by atoms with Crippen molar-refractivity contribution in [2.75, 3.05) is 25.5 Å². The van der Waals surface area contributed by atoms with Gasteiger partial charge in [-0.1, -0.05) is 61.0 Å². The number of anilines is 1. The monoisotopic (exact) mass is 561 g/mol. The van der Waals surface area contributed by atoms with Crippen LogP contribution in [0.15, 0.2) is 77.8 Å². The van der Waals surface area contributed by atoms with Crippen LogP contribution in [0.1, 0.15) is 49.8 Å². The van der Waals surface area contributed by atoms with Gasteiger partial charge in [-0.15, -0.1) is 0 Å². The maximum absolute atomic E-state index is 13.7. The lowest BCUT2D eigenvalue weighted by molar-refractivity contribution is -0.137. The van der Waals surface area contributed by atoms with Gasteiger partial charge in [-0.3, -0.25) is 19.5 Å². The molecule has 0 bridgehead atoms. The zero-order valence-corrected chi connectivity index (χ0v) is 23.9. The molecule has 4 rings (SSSR count). The van der Waals surface area contributed by atoms with Gasteiger partial charge in [0.05, 0.1) is 36.5 Å². The van der Waals surface area contributed by atoms with E-state index in [2.05, 4.69) is 17.1 Å². The molecule has 8 heteroatoms. The summed E-state index contributed by atoms with van der Waals surface area (Å²) in [5.74, 6) is -0.334. The number of likely N-dealkylation sites (N-methyl/N-ethyl adjacent to an activating group) is 1. The lowest BCUT2D eigenvalue weighted by Crippen LogP contribution is -2.50. The number of carboxylic acids is 1. The Bertz CT molecular complexity index is 1380. The summed E-state index contributed by atoms with van der Waals surface area (Å²) in [6, 6.07) is 21.8. The number of benzene rings is 3. The number of methoxy groups -OCH3 is 1. The van der Waals surface area contributed by atoms with Gasteiger partial charge in [0.2, 0.25) is 5.91 Å².